The molecule has 0 fully saturated rings. The minimum Gasteiger partial charge on any atom is -0.444 e. The van der Waals surface area contributed by atoms with E-state index in [-0.39, 0.29) is 5.82 Å². The first-order valence-electron chi connectivity index (χ1n) is 7.21. The molecule has 0 N–H and O–H groups in total. The highest BCUT2D eigenvalue weighted by Gasteiger charge is 2.11. The van der Waals surface area contributed by atoms with Gasteiger partial charge in [-0.15, -0.1) is 5.10 Å². The minimum atomic E-state index is -0.284. The molecule has 0 spiro atoms. The lowest BCUT2D eigenvalue weighted by molar-refractivity contribution is 0.445. The molecule has 0 aliphatic rings. The van der Waals surface area contributed by atoms with Crippen LogP contribution >= 0.6 is 11.8 Å². The van der Waals surface area contributed by atoms with E-state index in [1.165, 1.54) is 23.9 Å². The Morgan fingerprint density at radius 1 is 1.26 bits per heavy atom. The molecule has 0 atom stereocenters. The van der Waals surface area contributed by atoms with Crippen molar-refractivity contribution in [2.24, 2.45) is 5.92 Å². The summed E-state index contributed by atoms with van der Waals surface area (Å²) in [5.74, 6) is 1.26. The van der Waals surface area contributed by atoms with E-state index in [4.69, 9.17) is 4.42 Å². The summed E-state index contributed by atoms with van der Waals surface area (Å²) in [4.78, 5) is 4.41. The summed E-state index contributed by atoms with van der Waals surface area (Å²) in [6.07, 6.45) is 1.60. The topological polar surface area (TPSA) is 69.6 Å². The van der Waals surface area contributed by atoms with Gasteiger partial charge in [0, 0.05) is 17.9 Å². The Labute approximate surface area is 137 Å². The van der Waals surface area contributed by atoms with Crippen LogP contribution in [-0.4, -0.2) is 25.2 Å². The van der Waals surface area contributed by atoms with E-state index in [9.17, 15) is 4.39 Å². The molecule has 6 nitrogen and oxygen atoms in total. The lowest BCUT2D eigenvalue weighted by atomic mass is 10.2. The second-order valence-corrected chi connectivity index (χ2v) is 6.42. The summed E-state index contributed by atoms with van der Waals surface area (Å²) >= 11 is 1.50. The first kappa shape index (κ1) is 15.7. The zero-order chi connectivity index (χ0) is 16.2. The van der Waals surface area contributed by atoms with E-state index in [0.717, 1.165) is 23.0 Å². The first-order valence-corrected chi connectivity index (χ1v) is 8.19. The van der Waals surface area contributed by atoms with Crippen LogP contribution in [0, 0.1) is 11.7 Å². The van der Waals surface area contributed by atoms with Crippen molar-refractivity contribution in [2.45, 2.75) is 31.3 Å². The molecule has 2 aromatic heterocycles. The minimum absolute atomic E-state index is 0.284. The second kappa shape index (κ2) is 6.91. The molecule has 0 aliphatic heterocycles. The Morgan fingerprint density at radius 2 is 2.04 bits per heavy atom. The number of hydrogen-bond acceptors (Lipinski definition) is 6. The van der Waals surface area contributed by atoms with Gasteiger partial charge in [-0.3, -0.25) is 0 Å². The highest BCUT2D eigenvalue weighted by atomic mass is 32.2. The number of nitrogens with zero attached hydrogens (tertiary/aromatic N) is 5. The Hall–Kier alpha value is -2.22. The first-order chi connectivity index (χ1) is 11.1. The lowest BCUT2D eigenvalue weighted by Gasteiger charge is -2.05. The number of oxazole rings is 1. The number of rotatable bonds is 6. The van der Waals surface area contributed by atoms with Gasteiger partial charge in [-0.1, -0.05) is 25.6 Å². The zero-order valence-electron chi connectivity index (χ0n) is 12.8. The molecule has 0 unspecified atom stereocenters. The summed E-state index contributed by atoms with van der Waals surface area (Å²) in [5.41, 5.74) is 1.53. The number of aromatic nitrogens is 5. The zero-order valence-corrected chi connectivity index (χ0v) is 13.6. The normalized spacial score (nSPS) is 11.3. The van der Waals surface area contributed by atoms with E-state index in [1.807, 2.05) is 0 Å². The van der Waals surface area contributed by atoms with Gasteiger partial charge >= 0.3 is 0 Å². The van der Waals surface area contributed by atoms with Gasteiger partial charge in [0.15, 0.2) is 0 Å². The monoisotopic (exact) mass is 333 g/mol. The van der Waals surface area contributed by atoms with Crippen molar-refractivity contribution in [3.63, 3.8) is 0 Å². The summed E-state index contributed by atoms with van der Waals surface area (Å²) in [6.45, 7) is 5.00. The van der Waals surface area contributed by atoms with Gasteiger partial charge in [-0.05, 0) is 40.6 Å². The molecule has 0 radical (unpaired) electrons. The van der Waals surface area contributed by atoms with Gasteiger partial charge < -0.3 is 4.42 Å². The maximum absolute atomic E-state index is 12.9. The van der Waals surface area contributed by atoms with Crippen LogP contribution in [0.4, 0.5) is 4.39 Å². The Kier molecular flexibility index (Phi) is 4.71. The van der Waals surface area contributed by atoms with Gasteiger partial charge in [0.25, 0.3) is 0 Å². The molecule has 0 saturated heterocycles. The third-order valence-corrected chi connectivity index (χ3v) is 4.02. The molecular formula is C15H16FN5OS. The van der Waals surface area contributed by atoms with Crippen LogP contribution in [0.5, 0.6) is 0 Å². The van der Waals surface area contributed by atoms with Crippen molar-refractivity contribution in [3.8, 4) is 11.5 Å². The predicted molar refractivity (Wildman–Crippen MR) is 84.1 cm³/mol. The van der Waals surface area contributed by atoms with E-state index in [0.29, 0.717) is 17.6 Å². The fourth-order valence-electron chi connectivity index (χ4n) is 2.00. The van der Waals surface area contributed by atoms with Crippen molar-refractivity contribution < 1.29 is 8.81 Å². The molecule has 2 heterocycles. The quantitative estimate of drug-likeness (QED) is 0.644. The summed E-state index contributed by atoms with van der Waals surface area (Å²) in [5, 5.41) is 12.5. The van der Waals surface area contributed by atoms with Gasteiger partial charge in [-0.2, -0.15) is 0 Å². The average Bonchev–Trinajstić information content (AvgIpc) is 3.15. The van der Waals surface area contributed by atoms with E-state index < -0.39 is 0 Å². The number of benzene rings is 1. The van der Waals surface area contributed by atoms with Crippen molar-refractivity contribution in [1.82, 2.24) is 25.2 Å². The van der Waals surface area contributed by atoms with Crippen molar-refractivity contribution in [1.29, 1.82) is 0 Å². The van der Waals surface area contributed by atoms with E-state index in [2.05, 4.69) is 34.4 Å². The van der Waals surface area contributed by atoms with Crippen molar-refractivity contribution in [2.75, 3.05) is 0 Å². The molecule has 0 bridgehead atoms. The largest absolute Gasteiger partial charge is 0.444 e. The molecule has 0 saturated carbocycles. The highest BCUT2D eigenvalue weighted by molar-refractivity contribution is 7.98. The maximum atomic E-state index is 12.9. The fraction of sp³-hybridized carbons (Fsp3) is 0.333. The van der Waals surface area contributed by atoms with Crippen LogP contribution in [0.3, 0.4) is 0 Å². The fourth-order valence-corrected chi connectivity index (χ4v) is 2.76. The number of hydrogen-bond donors (Lipinski definition) is 0. The number of tetrazole rings is 1. The number of halogens is 1. The van der Waals surface area contributed by atoms with E-state index in [1.54, 1.807) is 23.1 Å². The Morgan fingerprint density at radius 3 is 2.78 bits per heavy atom. The standard InChI is InChI=1S/C15H16FN5OS/c1-10(2)7-21-15(18-19-20-21)23-9-13-8-22-14(17-13)11-3-5-12(16)6-4-11/h3-6,8,10H,7,9H2,1-2H3. The highest BCUT2D eigenvalue weighted by Crippen LogP contribution is 2.24. The molecule has 23 heavy (non-hydrogen) atoms. The van der Waals surface area contributed by atoms with Crippen LogP contribution < -0.4 is 0 Å². The van der Waals surface area contributed by atoms with Gasteiger partial charge in [0.05, 0.1) is 5.69 Å². The second-order valence-electron chi connectivity index (χ2n) is 5.48. The predicted octanol–water partition coefficient (Wildman–Crippen LogP) is 3.42. The summed E-state index contributed by atoms with van der Waals surface area (Å²) < 4.78 is 20.2. The molecule has 3 rings (SSSR count). The third-order valence-electron chi connectivity index (χ3n) is 3.03. The maximum Gasteiger partial charge on any atom is 0.226 e. The molecular weight excluding hydrogens is 317 g/mol. The SMILES string of the molecule is CC(C)Cn1nnnc1SCc1coc(-c2ccc(F)cc2)n1. The Bertz CT molecular complexity index is 768. The van der Waals surface area contributed by atoms with Crippen molar-refractivity contribution in [3.05, 3.63) is 42.0 Å². The van der Waals surface area contributed by atoms with Crippen LogP contribution in [0.15, 0.2) is 40.1 Å². The van der Waals surface area contributed by atoms with Crippen LogP contribution in [-0.2, 0) is 12.3 Å². The molecule has 8 heteroatoms. The number of thioether (sulfide) groups is 1. The van der Waals surface area contributed by atoms with Gasteiger partial charge in [0.2, 0.25) is 11.0 Å². The van der Waals surface area contributed by atoms with Gasteiger partial charge in [-0.25, -0.2) is 14.1 Å². The molecule has 1 aromatic carbocycles. The third kappa shape index (κ3) is 3.95. The van der Waals surface area contributed by atoms with Gasteiger partial charge in [0.1, 0.15) is 12.1 Å². The summed E-state index contributed by atoms with van der Waals surface area (Å²) in [6, 6.07) is 6.05. The van der Waals surface area contributed by atoms with E-state index >= 15 is 0 Å². The smallest absolute Gasteiger partial charge is 0.226 e. The van der Waals surface area contributed by atoms with Crippen LogP contribution in [0.1, 0.15) is 19.5 Å². The molecule has 0 amide bonds. The molecule has 3 aromatic rings. The molecule has 0 aliphatic carbocycles. The van der Waals surface area contributed by atoms with Crippen LogP contribution in [0.25, 0.3) is 11.5 Å². The van der Waals surface area contributed by atoms with Crippen molar-refractivity contribution >= 4 is 11.8 Å². The van der Waals surface area contributed by atoms with Crippen LogP contribution in [0.2, 0.25) is 0 Å². The average molecular weight is 333 g/mol. The molecule has 120 valence electrons. The lowest BCUT2D eigenvalue weighted by Crippen LogP contribution is -2.07. The summed E-state index contributed by atoms with van der Waals surface area (Å²) in [7, 11) is 0. The Balaban J connectivity index is 1.66.